The Labute approximate surface area is 192 Å². The van der Waals surface area contributed by atoms with Gasteiger partial charge in [-0.1, -0.05) is 18.2 Å². The van der Waals surface area contributed by atoms with E-state index in [1.54, 1.807) is 0 Å². The Hall–Kier alpha value is -2.08. The molecule has 6 nitrogen and oxygen atoms in total. The van der Waals surface area contributed by atoms with Crippen LogP contribution in [0.3, 0.4) is 0 Å². The maximum Gasteiger partial charge on any atom is 0.239 e. The Balaban J connectivity index is 1.03. The number of carbonyl (C=O) groups excluding carboxylic acids is 2. The highest BCUT2D eigenvalue weighted by molar-refractivity contribution is 5.88. The molecule has 2 N–H and O–H groups in total. The normalized spacial score (nSPS) is 32.5. The molecule has 0 aromatic heterocycles. The van der Waals surface area contributed by atoms with Crippen molar-refractivity contribution in [2.24, 2.45) is 23.2 Å². The van der Waals surface area contributed by atoms with Crippen molar-refractivity contribution in [1.29, 1.82) is 0 Å². The van der Waals surface area contributed by atoms with E-state index in [9.17, 15) is 9.59 Å². The minimum absolute atomic E-state index is 0.0714. The molecule has 2 amide bonds. The standard InChI is InChI=1S/C26H38N4O2/c1-19(29-7-9-30(10-8-29)23-5-3-2-4-6-23)17-27-24(31)18-28-25(32)26-14-20-11-21(15-26)13-22(12-20)16-26/h2-6,19-22H,7-18H2,1H3,(H,27,31)(H,28,32). The van der Waals surface area contributed by atoms with Gasteiger partial charge in [0.1, 0.15) is 0 Å². The molecule has 6 rings (SSSR count). The Morgan fingerprint density at radius 1 is 0.938 bits per heavy atom. The van der Waals surface area contributed by atoms with Crippen molar-refractivity contribution in [3.63, 3.8) is 0 Å². The molecule has 1 heterocycles. The van der Waals surface area contributed by atoms with Crippen molar-refractivity contribution in [1.82, 2.24) is 15.5 Å². The third kappa shape index (κ3) is 4.52. The van der Waals surface area contributed by atoms with E-state index in [2.05, 4.69) is 57.7 Å². The predicted molar refractivity (Wildman–Crippen MR) is 126 cm³/mol. The summed E-state index contributed by atoms with van der Waals surface area (Å²) < 4.78 is 0. The Morgan fingerprint density at radius 2 is 1.53 bits per heavy atom. The number of piperazine rings is 1. The zero-order valence-electron chi connectivity index (χ0n) is 19.4. The summed E-state index contributed by atoms with van der Waals surface area (Å²) in [7, 11) is 0. The monoisotopic (exact) mass is 438 g/mol. The molecule has 174 valence electrons. The lowest BCUT2D eigenvalue weighted by Gasteiger charge is -2.55. The maximum absolute atomic E-state index is 13.0. The molecule has 0 radical (unpaired) electrons. The number of hydrogen-bond acceptors (Lipinski definition) is 4. The summed E-state index contributed by atoms with van der Waals surface area (Å²) >= 11 is 0. The molecule has 1 aromatic rings. The van der Waals surface area contributed by atoms with Crippen LogP contribution in [0, 0.1) is 23.2 Å². The van der Waals surface area contributed by atoms with Gasteiger partial charge >= 0.3 is 0 Å². The highest BCUT2D eigenvalue weighted by Crippen LogP contribution is 2.60. The van der Waals surface area contributed by atoms with Gasteiger partial charge in [0.25, 0.3) is 0 Å². The molecule has 0 spiro atoms. The van der Waals surface area contributed by atoms with Crippen molar-refractivity contribution < 1.29 is 9.59 Å². The van der Waals surface area contributed by atoms with E-state index < -0.39 is 0 Å². The van der Waals surface area contributed by atoms with Gasteiger partial charge in [-0.05, 0) is 75.3 Å². The van der Waals surface area contributed by atoms with Gasteiger partial charge in [0.2, 0.25) is 11.8 Å². The summed E-state index contributed by atoms with van der Waals surface area (Å²) in [6.45, 7) is 6.90. The molecule has 1 unspecified atom stereocenters. The van der Waals surface area contributed by atoms with E-state index >= 15 is 0 Å². The number of para-hydroxylation sites is 1. The lowest BCUT2D eigenvalue weighted by molar-refractivity contribution is -0.147. The van der Waals surface area contributed by atoms with Crippen LogP contribution in [0.4, 0.5) is 5.69 Å². The predicted octanol–water partition coefficient (Wildman–Crippen LogP) is 2.65. The van der Waals surface area contributed by atoms with Crippen LogP contribution in [0.1, 0.15) is 45.4 Å². The molecule has 1 aromatic carbocycles. The lowest BCUT2D eigenvalue weighted by Crippen LogP contribution is -2.55. The van der Waals surface area contributed by atoms with E-state index in [0.29, 0.717) is 6.54 Å². The fourth-order valence-electron chi connectivity index (χ4n) is 7.25. The van der Waals surface area contributed by atoms with Crippen LogP contribution in [0.5, 0.6) is 0 Å². The molecule has 1 aliphatic heterocycles. The lowest BCUT2D eigenvalue weighted by atomic mass is 9.49. The topological polar surface area (TPSA) is 64.7 Å². The average molecular weight is 439 g/mol. The van der Waals surface area contributed by atoms with Crippen molar-refractivity contribution in [2.75, 3.05) is 44.2 Å². The second-order valence-electron chi connectivity index (χ2n) is 10.9. The van der Waals surface area contributed by atoms with E-state index in [0.717, 1.165) is 63.2 Å². The Kier molecular flexibility index (Phi) is 6.15. The number of nitrogens with zero attached hydrogens (tertiary/aromatic N) is 2. The van der Waals surface area contributed by atoms with E-state index in [-0.39, 0.29) is 29.8 Å². The van der Waals surface area contributed by atoms with Crippen LogP contribution in [-0.4, -0.2) is 62.0 Å². The number of amides is 2. The number of hydrogen-bond donors (Lipinski definition) is 2. The molecule has 5 aliphatic rings. The molecular weight excluding hydrogens is 400 g/mol. The van der Waals surface area contributed by atoms with Gasteiger partial charge in [0, 0.05) is 49.9 Å². The van der Waals surface area contributed by atoms with Crippen molar-refractivity contribution in [3.05, 3.63) is 30.3 Å². The number of carbonyl (C=O) groups is 2. The first-order chi connectivity index (χ1) is 15.5. The van der Waals surface area contributed by atoms with E-state index in [1.165, 1.54) is 24.9 Å². The largest absolute Gasteiger partial charge is 0.369 e. The molecule has 32 heavy (non-hydrogen) atoms. The highest BCUT2D eigenvalue weighted by Gasteiger charge is 2.54. The number of benzene rings is 1. The van der Waals surface area contributed by atoms with Crippen molar-refractivity contribution in [3.8, 4) is 0 Å². The first-order valence-corrected chi connectivity index (χ1v) is 12.6. The van der Waals surface area contributed by atoms with Crippen LogP contribution in [0.25, 0.3) is 0 Å². The summed E-state index contributed by atoms with van der Waals surface area (Å²) in [5.41, 5.74) is 1.10. The Bertz CT molecular complexity index is 783. The van der Waals surface area contributed by atoms with E-state index in [4.69, 9.17) is 0 Å². The van der Waals surface area contributed by atoms with Gasteiger partial charge in [0.15, 0.2) is 0 Å². The van der Waals surface area contributed by atoms with Gasteiger partial charge in [-0.15, -0.1) is 0 Å². The molecular formula is C26H38N4O2. The van der Waals surface area contributed by atoms with Gasteiger partial charge in [-0.25, -0.2) is 0 Å². The number of anilines is 1. The summed E-state index contributed by atoms with van der Waals surface area (Å²) in [5, 5.41) is 6.04. The Morgan fingerprint density at radius 3 is 2.12 bits per heavy atom. The van der Waals surface area contributed by atoms with Crippen LogP contribution in [0.15, 0.2) is 30.3 Å². The summed E-state index contributed by atoms with van der Waals surface area (Å²) in [5.74, 6) is 2.28. The van der Waals surface area contributed by atoms with Crippen LogP contribution in [0.2, 0.25) is 0 Å². The molecule has 4 saturated carbocycles. The average Bonchev–Trinajstić information content (AvgIpc) is 2.80. The molecule has 1 atom stereocenters. The zero-order valence-corrected chi connectivity index (χ0v) is 19.4. The first kappa shape index (κ1) is 21.7. The van der Waals surface area contributed by atoms with Crippen molar-refractivity contribution >= 4 is 17.5 Å². The third-order valence-corrected chi connectivity index (χ3v) is 8.58. The van der Waals surface area contributed by atoms with E-state index in [1.807, 2.05) is 0 Å². The molecule has 1 saturated heterocycles. The fourth-order valence-corrected chi connectivity index (χ4v) is 7.25. The fraction of sp³-hybridized carbons (Fsp3) is 0.692. The third-order valence-electron chi connectivity index (χ3n) is 8.58. The SMILES string of the molecule is CC(CNC(=O)CNC(=O)C12CC3CC(CC(C3)C1)C2)N1CCN(c2ccccc2)CC1. The second-order valence-corrected chi connectivity index (χ2v) is 10.9. The minimum atomic E-state index is -0.180. The highest BCUT2D eigenvalue weighted by atomic mass is 16.2. The maximum atomic E-state index is 13.0. The van der Waals surface area contributed by atoms with Crippen LogP contribution < -0.4 is 15.5 Å². The number of rotatable bonds is 7. The van der Waals surface area contributed by atoms with Gasteiger partial charge in [-0.2, -0.15) is 0 Å². The second kappa shape index (κ2) is 9.05. The van der Waals surface area contributed by atoms with Crippen molar-refractivity contribution in [2.45, 2.75) is 51.5 Å². The summed E-state index contributed by atoms with van der Waals surface area (Å²) in [6.07, 6.45) is 7.09. The van der Waals surface area contributed by atoms with Gasteiger partial charge < -0.3 is 15.5 Å². The molecule has 4 bridgehead atoms. The summed E-state index contributed by atoms with van der Waals surface area (Å²) in [4.78, 5) is 30.3. The van der Waals surface area contributed by atoms with Crippen LogP contribution in [-0.2, 0) is 9.59 Å². The smallest absolute Gasteiger partial charge is 0.239 e. The molecule has 4 aliphatic carbocycles. The number of nitrogens with one attached hydrogen (secondary N) is 2. The molecule has 6 heteroatoms. The van der Waals surface area contributed by atoms with Crippen LogP contribution >= 0.6 is 0 Å². The summed E-state index contributed by atoms with van der Waals surface area (Å²) in [6, 6.07) is 10.8. The quantitative estimate of drug-likeness (QED) is 0.687. The first-order valence-electron chi connectivity index (χ1n) is 12.6. The zero-order chi connectivity index (χ0) is 22.1. The van der Waals surface area contributed by atoms with Gasteiger partial charge in [0.05, 0.1) is 6.54 Å². The van der Waals surface area contributed by atoms with Gasteiger partial charge in [-0.3, -0.25) is 14.5 Å². The molecule has 5 fully saturated rings. The minimum Gasteiger partial charge on any atom is -0.369 e.